The highest BCUT2D eigenvalue weighted by molar-refractivity contribution is 6.33. The van der Waals surface area contributed by atoms with Crippen molar-refractivity contribution in [2.45, 2.75) is 32.2 Å². The van der Waals surface area contributed by atoms with Gasteiger partial charge in [0.2, 0.25) is 0 Å². The predicted octanol–water partition coefficient (Wildman–Crippen LogP) is 6.69. The highest BCUT2D eigenvalue weighted by Gasteiger charge is 2.27. The second-order valence-corrected chi connectivity index (χ2v) is 13.8. The van der Waals surface area contributed by atoms with Gasteiger partial charge in [0.1, 0.15) is 41.8 Å². The minimum Gasteiger partial charge on any atom is -0.493 e. The van der Waals surface area contributed by atoms with Crippen molar-refractivity contribution in [3.05, 3.63) is 95.2 Å². The molecule has 1 aliphatic heterocycles. The van der Waals surface area contributed by atoms with Crippen LogP contribution in [0.3, 0.4) is 0 Å². The van der Waals surface area contributed by atoms with Gasteiger partial charge >= 0.3 is 5.97 Å². The monoisotopic (exact) mass is 712 g/mol. The van der Waals surface area contributed by atoms with Crippen LogP contribution in [0.25, 0.3) is 27.8 Å². The number of rotatable bonds is 14. The van der Waals surface area contributed by atoms with Crippen LogP contribution < -0.4 is 14.8 Å². The van der Waals surface area contributed by atoms with Crippen LogP contribution in [0, 0.1) is 18.7 Å². The number of carbonyl (C=O) groups is 1. The molecule has 51 heavy (non-hydrogen) atoms. The zero-order chi connectivity index (χ0) is 35.5. The lowest BCUT2D eigenvalue weighted by Gasteiger charge is -2.32. The summed E-state index contributed by atoms with van der Waals surface area (Å²) in [6.07, 6.45) is 5.70. The van der Waals surface area contributed by atoms with Crippen LogP contribution in [0.4, 0.5) is 10.2 Å². The number of piperazine rings is 1. The number of anilines is 1. The fourth-order valence-electron chi connectivity index (χ4n) is 6.53. The number of ether oxygens (including phenoxy) is 2. The maximum Gasteiger partial charge on any atom is 0.326 e. The van der Waals surface area contributed by atoms with Gasteiger partial charge in [-0.25, -0.2) is 18.7 Å². The Bertz CT molecular complexity index is 2010. The first kappa shape index (κ1) is 34.7. The molecular weight excluding hydrogens is 671 g/mol. The van der Waals surface area contributed by atoms with E-state index in [-0.39, 0.29) is 12.2 Å². The van der Waals surface area contributed by atoms with Gasteiger partial charge in [-0.15, -0.1) is 0 Å². The van der Waals surface area contributed by atoms with Gasteiger partial charge in [-0.1, -0.05) is 48.0 Å². The van der Waals surface area contributed by atoms with Gasteiger partial charge in [0.15, 0.2) is 5.82 Å². The quantitative estimate of drug-likeness (QED) is 0.130. The molecule has 1 saturated heterocycles. The summed E-state index contributed by atoms with van der Waals surface area (Å²) in [5.74, 6) is 0.774. The lowest BCUT2D eigenvalue weighted by molar-refractivity contribution is -0.137. The van der Waals surface area contributed by atoms with Crippen LogP contribution in [0.5, 0.6) is 11.5 Å². The molecule has 2 aliphatic rings. The normalized spacial score (nSPS) is 15.9. The number of aliphatic carboxylic acids is 1. The fraction of sp³-hybridized carbons (Fsp3) is 0.359. The fourth-order valence-corrected chi connectivity index (χ4v) is 6.75. The first-order valence-electron chi connectivity index (χ1n) is 17.4. The van der Waals surface area contributed by atoms with Crippen LogP contribution >= 0.6 is 11.6 Å². The molecule has 0 radical (unpaired) electrons. The summed E-state index contributed by atoms with van der Waals surface area (Å²) in [4.78, 5) is 22.0. The van der Waals surface area contributed by atoms with Gasteiger partial charge in [-0.3, -0.25) is 4.90 Å². The Morgan fingerprint density at radius 2 is 1.78 bits per heavy atom. The SMILES string of the molecule is Cc1c(-c2c(-c3ccc(F)cc3)cn3ncnc(N[C@H](Cc4ccccc4OCC4CC4)C(=O)O)c23)ccc(OCCN2CCN(C)CC2)c1Cl. The van der Waals surface area contributed by atoms with E-state index < -0.39 is 12.0 Å². The highest BCUT2D eigenvalue weighted by Crippen LogP contribution is 2.44. The van der Waals surface area contributed by atoms with E-state index in [0.717, 1.165) is 78.9 Å². The van der Waals surface area contributed by atoms with E-state index in [1.165, 1.54) is 18.5 Å². The van der Waals surface area contributed by atoms with E-state index in [1.54, 1.807) is 16.6 Å². The maximum absolute atomic E-state index is 14.1. The number of nitrogens with one attached hydrogen (secondary N) is 1. The van der Waals surface area contributed by atoms with Crippen molar-refractivity contribution >= 4 is 28.9 Å². The summed E-state index contributed by atoms with van der Waals surface area (Å²) >= 11 is 7.01. The standard InChI is InChI=1S/C39H42ClFN6O4/c1-25-30(13-14-34(36(25)40)50-20-19-46-17-15-45(2)16-18-46)35-31(27-9-11-29(41)12-10-27)22-47-37(35)38(42-24-43-47)44-32(39(48)49)21-28-5-3-4-6-33(28)51-23-26-7-8-26/h3-6,9-14,22,24,26,32H,7-8,15-21,23H2,1-2H3,(H,48,49)(H,42,43,44)/t32-/m1/s1. The summed E-state index contributed by atoms with van der Waals surface area (Å²) in [6, 6.07) is 16.6. The Morgan fingerprint density at radius 1 is 1.02 bits per heavy atom. The number of hydrogen-bond donors (Lipinski definition) is 2. The number of aromatic nitrogens is 3. The zero-order valence-electron chi connectivity index (χ0n) is 28.8. The minimum atomic E-state index is -1.04. The molecular formula is C39H42ClFN6O4. The lowest BCUT2D eigenvalue weighted by atomic mass is 9.94. The molecule has 12 heteroatoms. The number of likely N-dealkylation sites (N-methyl/N-ethyl adjacent to an activating group) is 1. The van der Waals surface area contributed by atoms with Crippen molar-refractivity contribution in [3.63, 3.8) is 0 Å². The van der Waals surface area contributed by atoms with Crippen molar-refractivity contribution in [2.75, 3.05) is 58.3 Å². The van der Waals surface area contributed by atoms with E-state index in [9.17, 15) is 14.3 Å². The summed E-state index contributed by atoms with van der Waals surface area (Å²) < 4.78 is 28.0. The molecule has 1 aliphatic carbocycles. The van der Waals surface area contributed by atoms with Crippen molar-refractivity contribution in [3.8, 4) is 33.8 Å². The Balaban J connectivity index is 1.23. The number of para-hydroxylation sites is 1. The molecule has 5 aromatic rings. The van der Waals surface area contributed by atoms with Crippen molar-refractivity contribution in [1.82, 2.24) is 24.4 Å². The van der Waals surface area contributed by atoms with E-state index >= 15 is 0 Å². The summed E-state index contributed by atoms with van der Waals surface area (Å²) in [5, 5.41) is 18.6. The predicted molar refractivity (Wildman–Crippen MR) is 196 cm³/mol. The van der Waals surface area contributed by atoms with E-state index in [0.29, 0.717) is 47.0 Å². The Hall–Kier alpha value is -4.71. The minimum absolute atomic E-state index is 0.165. The van der Waals surface area contributed by atoms with E-state index in [4.69, 9.17) is 21.1 Å². The number of benzene rings is 3. The number of fused-ring (bicyclic) bond motifs is 1. The van der Waals surface area contributed by atoms with Gasteiger partial charge < -0.3 is 24.8 Å². The number of halogens is 2. The van der Waals surface area contributed by atoms with Gasteiger partial charge in [0, 0.05) is 56.5 Å². The third-order valence-corrected chi connectivity index (χ3v) is 10.3. The molecule has 10 nitrogen and oxygen atoms in total. The molecule has 2 fully saturated rings. The molecule has 2 N–H and O–H groups in total. The number of carboxylic acid groups (broad SMARTS) is 1. The number of carboxylic acids is 1. The summed E-state index contributed by atoms with van der Waals surface area (Å²) in [5.41, 5.74) is 5.15. The van der Waals surface area contributed by atoms with Gasteiger partial charge in [-0.2, -0.15) is 5.10 Å². The van der Waals surface area contributed by atoms with E-state index in [2.05, 4.69) is 32.2 Å². The van der Waals surface area contributed by atoms with Crippen LogP contribution in [0.1, 0.15) is 24.0 Å². The first-order valence-corrected chi connectivity index (χ1v) is 17.8. The smallest absolute Gasteiger partial charge is 0.326 e. The molecule has 3 aromatic carbocycles. The third kappa shape index (κ3) is 7.96. The molecule has 266 valence electrons. The van der Waals surface area contributed by atoms with Gasteiger partial charge in [0.25, 0.3) is 0 Å². The van der Waals surface area contributed by atoms with E-state index in [1.807, 2.05) is 49.5 Å². The third-order valence-electron chi connectivity index (χ3n) is 9.79. The second-order valence-electron chi connectivity index (χ2n) is 13.5. The molecule has 1 atom stereocenters. The number of hydrogen-bond acceptors (Lipinski definition) is 8. The molecule has 0 amide bonds. The topological polar surface area (TPSA) is 104 Å². The average Bonchev–Trinajstić information content (AvgIpc) is 3.88. The van der Waals surface area contributed by atoms with Crippen LogP contribution in [0.2, 0.25) is 5.02 Å². The van der Waals surface area contributed by atoms with Crippen molar-refractivity contribution in [1.29, 1.82) is 0 Å². The first-order chi connectivity index (χ1) is 24.7. The lowest BCUT2D eigenvalue weighted by Crippen LogP contribution is -2.45. The molecule has 3 heterocycles. The molecule has 0 bridgehead atoms. The van der Waals surface area contributed by atoms with Crippen LogP contribution in [-0.2, 0) is 11.2 Å². The van der Waals surface area contributed by atoms with Crippen molar-refractivity contribution in [2.24, 2.45) is 5.92 Å². The highest BCUT2D eigenvalue weighted by atomic mass is 35.5. The zero-order valence-corrected chi connectivity index (χ0v) is 29.6. The van der Waals surface area contributed by atoms with Crippen molar-refractivity contribution < 1.29 is 23.8 Å². The molecule has 7 rings (SSSR count). The Morgan fingerprint density at radius 3 is 2.53 bits per heavy atom. The maximum atomic E-state index is 14.1. The van der Waals surface area contributed by atoms with Gasteiger partial charge in [0.05, 0.1) is 11.6 Å². The largest absolute Gasteiger partial charge is 0.493 e. The summed E-state index contributed by atoms with van der Waals surface area (Å²) in [6.45, 7) is 7.93. The van der Waals surface area contributed by atoms with Gasteiger partial charge in [-0.05, 0) is 79.3 Å². The van der Waals surface area contributed by atoms with Crippen LogP contribution in [-0.4, -0.2) is 94.5 Å². The molecule has 1 saturated carbocycles. The summed E-state index contributed by atoms with van der Waals surface area (Å²) in [7, 11) is 2.13. The average molecular weight is 713 g/mol. The number of nitrogens with zero attached hydrogens (tertiary/aromatic N) is 5. The second kappa shape index (κ2) is 15.3. The Kier molecular flexibility index (Phi) is 10.4. The van der Waals surface area contributed by atoms with Crippen LogP contribution in [0.15, 0.2) is 73.2 Å². The molecule has 0 spiro atoms. The molecule has 2 aromatic heterocycles. The molecule has 0 unspecified atom stereocenters. The Labute approximate surface area is 301 Å².